The van der Waals surface area contributed by atoms with Crippen LogP contribution in [0.1, 0.15) is 87.4 Å². The number of anilines is 1. The summed E-state index contributed by atoms with van der Waals surface area (Å²) in [5.74, 6) is 0.455. The molecule has 0 radical (unpaired) electrons. The molecule has 2 saturated heterocycles. The molecule has 6 rings (SSSR count). The maximum Gasteiger partial charge on any atom is 0.259 e. The van der Waals surface area contributed by atoms with Gasteiger partial charge >= 0.3 is 0 Å². The topological polar surface area (TPSA) is 118 Å². The van der Waals surface area contributed by atoms with Crippen molar-refractivity contribution in [3.63, 3.8) is 0 Å². The van der Waals surface area contributed by atoms with E-state index in [1.165, 1.54) is 36.4 Å². The van der Waals surface area contributed by atoms with Gasteiger partial charge in [-0.2, -0.15) is 0 Å². The highest BCUT2D eigenvalue weighted by atomic mass is 19.1. The molecule has 0 bridgehead atoms. The number of likely N-dealkylation sites (tertiary alicyclic amines) is 1. The molecule has 1 spiro atoms. The van der Waals surface area contributed by atoms with E-state index in [1.54, 1.807) is 0 Å². The number of fused-ring (bicyclic) bond motifs is 1. The van der Waals surface area contributed by atoms with Gasteiger partial charge in [-0.1, -0.05) is 25.0 Å². The molecule has 2 aromatic heterocycles. The van der Waals surface area contributed by atoms with Crippen LogP contribution < -0.4 is 16.4 Å². The van der Waals surface area contributed by atoms with Gasteiger partial charge in [-0.25, -0.2) is 13.9 Å². The minimum absolute atomic E-state index is 0.0402. The number of carbonyl (C=O) groups excluding carboxylic acids is 2. The van der Waals surface area contributed by atoms with Crippen molar-refractivity contribution in [2.24, 2.45) is 17.8 Å². The van der Waals surface area contributed by atoms with E-state index in [1.807, 2.05) is 0 Å². The molecule has 2 aliphatic heterocycles. The van der Waals surface area contributed by atoms with Gasteiger partial charge < -0.3 is 21.3 Å². The van der Waals surface area contributed by atoms with Crippen LogP contribution in [-0.4, -0.2) is 62.5 Å². The Morgan fingerprint density at radius 2 is 1.88 bits per heavy atom. The molecule has 4 heterocycles. The molecule has 216 valence electrons. The van der Waals surface area contributed by atoms with Crippen LogP contribution in [0.5, 0.6) is 0 Å². The lowest BCUT2D eigenvalue weighted by atomic mass is 9.67. The molecular formula is C30H42FN7O2. The first kappa shape index (κ1) is 27.2. The summed E-state index contributed by atoms with van der Waals surface area (Å²) in [4.78, 5) is 32.5. The van der Waals surface area contributed by atoms with Crippen LogP contribution in [0.25, 0.3) is 5.65 Å². The number of amides is 2. The molecule has 3 fully saturated rings. The van der Waals surface area contributed by atoms with Crippen molar-refractivity contribution in [3.8, 4) is 0 Å². The number of nitrogens with two attached hydrogens (primary N) is 1. The van der Waals surface area contributed by atoms with Gasteiger partial charge in [-0.15, -0.1) is 5.10 Å². The van der Waals surface area contributed by atoms with E-state index in [-0.39, 0.29) is 46.4 Å². The van der Waals surface area contributed by atoms with E-state index >= 15 is 0 Å². The van der Waals surface area contributed by atoms with Gasteiger partial charge in [0.1, 0.15) is 5.56 Å². The van der Waals surface area contributed by atoms with Crippen LogP contribution in [0.15, 0.2) is 24.5 Å². The van der Waals surface area contributed by atoms with Gasteiger partial charge in [0.05, 0.1) is 12.4 Å². The number of aromatic nitrogens is 3. The Morgan fingerprint density at radius 1 is 1.07 bits per heavy atom. The monoisotopic (exact) mass is 551 g/mol. The van der Waals surface area contributed by atoms with Crippen molar-refractivity contribution in [2.75, 3.05) is 25.4 Å². The Hall–Kier alpha value is -3.01. The molecule has 3 atom stereocenters. The van der Waals surface area contributed by atoms with Crippen LogP contribution in [-0.2, 0) is 4.79 Å². The Morgan fingerprint density at radius 3 is 2.67 bits per heavy atom. The summed E-state index contributed by atoms with van der Waals surface area (Å²) >= 11 is 0. The Labute approximate surface area is 235 Å². The third-order valence-electron chi connectivity index (χ3n) is 9.72. The van der Waals surface area contributed by atoms with E-state index in [2.05, 4.69) is 37.8 Å². The van der Waals surface area contributed by atoms with Crippen molar-refractivity contribution in [2.45, 2.75) is 88.6 Å². The largest absolute Gasteiger partial charge is 0.381 e. The zero-order valence-corrected chi connectivity index (χ0v) is 23.3. The van der Waals surface area contributed by atoms with Crippen molar-refractivity contribution >= 4 is 23.3 Å². The SMILES string of the molecule is Nc1nn2cc(F)cnc2c1C(=O)NC1CNC2(CC/C=C\CCCCC2)CC1C1CCN(C(=O)C2CC2)CC1. The molecule has 3 unspecified atom stereocenters. The maximum atomic E-state index is 13.7. The van der Waals surface area contributed by atoms with Gasteiger partial charge in [-0.3, -0.25) is 9.59 Å². The molecular weight excluding hydrogens is 509 g/mol. The molecule has 2 amide bonds. The Bertz CT molecular complexity index is 1270. The van der Waals surface area contributed by atoms with Crippen molar-refractivity contribution in [3.05, 3.63) is 35.9 Å². The smallest absolute Gasteiger partial charge is 0.259 e. The van der Waals surface area contributed by atoms with Crippen LogP contribution in [0.4, 0.5) is 10.2 Å². The number of nitrogens with zero attached hydrogens (tertiary/aromatic N) is 4. The number of hydrogen-bond donors (Lipinski definition) is 3. The van der Waals surface area contributed by atoms with Crippen LogP contribution in [0, 0.1) is 23.6 Å². The number of carbonyl (C=O) groups is 2. The number of nitrogens with one attached hydrogen (secondary N) is 2. The van der Waals surface area contributed by atoms with Gasteiger partial charge in [0.25, 0.3) is 5.91 Å². The number of piperidine rings is 2. The number of allylic oxidation sites excluding steroid dienone is 2. The second kappa shape index (κ2) is 11.5. The summed E-state index contributed by atoms with van der Waals surface area (Å²) < 4.78 is 14.9. The molecule has 2 aliphatic carbocycles. The Kier molecular flexibility index (Phi) is 7.79. The number of halogens is 1. The predicted molar refractivity (Wildman–Crippen MR) is 151 cm³/mol. The minimum Gasteiger partial charge on any atom is -0.381 e. The van der Waals surface area contributed by atoms with E-state index in [4.69, 9.17) is 5.73 Å². The lowest BCUT2D eigenvalue weighted by molar-refractivity contribution is -0.134. The average Bonchev–Trinajstić information content (AvgIpc) is 3.75. The molecule has 1 saturated carbocycles. The summed E-state index contributed by atoms with van der Waals surface area (Å²) in [5, 5.41) is 11.3. The fraction of sp³-hybridized carbons (Fsp3) is 0.667. The molecule has 2 aromatic rings. The lowest BCUT2D eigenvalue weighted by Gasteiger charge is -2.50. The summed E-state index contributed by atoms with van der Waals surface area (Å²) in [5.41, 5.74) is 6.61. The van der Waals surface area contributed by atoms with Crippen LogP contribution >= 0.6 is 0 Å². The van der Waals surface area contributed by atoms with Gasteiger partial charge in [0.2, 0.25) is 5.91 Å². The Balaban J connectivity index is 1.22. The zero-order valence-electron chi connectivity index (χ0n) is 23.3. The standard InChI is InChI=1S/C30H42FN7O2/c31-22-17-33-27-25(26(32)36-38(27)19-22)28(39)35-24-18-34-30(12-6-4-2-1-3-5-7-13-30)16-23(24)20-10-14-37(15-11-20)29(40)21-8-9-21/h2,4,17,19-21,23-24,34H,1,3,5-16,18H2,(H2,32,36)(H,35,39)/b4-2-. The first-order valence-electron chi connectivity index (χ1n) is 15.2. The highest BCUT2D eigenvalue weighted by Crippen LogP contribution is 2.41. The summed E-state index contributed by atoms with van der Waals surface area (Å²) in [6, 6.07) is -0.0884. The lowest BCUT2D eigenvalue weighted by Crippen LogP contribution is -2.62. The van der Waals surface area contributed by atoms with Crippen LogP contribution in [0.2, 0.25) is 0 Å². The summed E-state index contributed by atoms with van der Waals surface area (Å²) in [6.45, 7) is 2.29. The molecule has 4 N–H and O–H groups in total. The van der Waals surface area contributed by atoms with Crippen molar-refractivity contribution in [1.82, 2.24) is 30.1 Å². The second-order valence-corrected chi connectivity index (χ2v) is 12.5. The predicted octanol–water partition coefficient (Wildman–Crippen LogP) is 3.85. The van der Waals surface area contributed by atoms with Crippen molar-refractivity contribution in [1.29, 1.82) is 0 Å². The molecule has 9 nitrogen and oxygen atoms in total. The maximum absolute atomic E-state index is 13.7. The average molecular weight is 552 g/mol. The quantitative estimate of drug-likeness (QED) is 0.497. The van der Waals surface area contributed by atoms with Gasteiger partial charge in [-0.05, 0) is 76.0 Å². The molecule has 4 aliphatic rings. The third kappa shape index (κ3) is 5.73. The zero-order chi connectivity index (χ0) is 27.7. The molecule has 0 aromatic carbocycles. The third-order valence-corrected chi connectivity index (χ3v) is 9.72. The van der Waals surface area contributed by atoms with E-state index < -0.39 is 5.82 Å². The first-order chi connectivity index (χ1) is 19.4. The fourth-order valence-electron chi connectivity index (χ4n) is 7.32. The number of nitrogen functional groups attached to an aromatic ring is 1. The van der Waals surface area contributed by atoms with E-state index in [0.717, 1.165) is 70.7 Å². The summed E-state index contributed by atoms with van der Waals surface area (Å²) in [7, 11) is 0. The molecule has 10 heteroatoms. The van der Waals surface area contributed by atoms with Crippen molar-refractivity contribution < 1.29 is 14.0 Å². The number of hydrogen-bond acceptors (Lipinski definition) is 6. The highest BCUT2D eigenvalue weighted by Gasteiger charge is 2.45. The van der Waals surface area contributed by atoms with E-state index in [0.29, 0.717) is 18.4 Å². The fourth-order valence-corrected chi connectivity index (χ4v) is 7.32. The first-order valence-corrected chi connectivity index (χ1v) is 15.2. The van der Waals surface area contributed by atoms with E-state index in [9.17, 15) is 14.0 Å². The second-order valence-electron chi connectivity index (χ2n) is 12.5. The normalized spacial score (nSPS) is 29.4. The number of rotatable bonds is 4. The van der Waals surface area contributed by atoms with Gasteiger partial charge in [0.15, 0.2) is 17.3 Å². The summed E-state index contributed by atoms with van der Waals surface area (Å²) in [6.07, 6.45) is 20.1. The highest BCUT2D eigenvalue weighted by molar-refractivity contribution is 6.04. The molecule has 40 heavy (non-hydrogen) atoms. The van der Waals surface area contributed by atoms with Gasteiger partial charge in [0, 0.05) is 37.1 Å². The van der Waals surface area contributed by atoms with Crippen LogP contribution in [0.3, 0.4) is 0 Å². The minimum atomic E-state index is -0.546.